The number of likely N-dealkylation sites (tertiary alicyclic amines) is 2. The predicted molar refractivity (Wildman–Crippen MR) is 92.2 cm³/mol. The van der Waals surface area contributed by atoms with Crippen molar-refractivity contribution in [2.45, 2.75) is 43.9 Å². The molecule has 2 atom stereocenters. The van der Waals surface area contributed by atoms with Crippen molar-refractivity contribution >= 4 is 11.9 Å². The molecule has 9 heteroatoms. The molecule has 1 saturated carbocycles. The molecule has 1 N–H and O–H groups in total. The number of carboxylic acids is 1. The minimum absolute atomic E-state index is 0.131. The monoisotopic (exact) mass is 402 g/mol. The SMILES string of the molecule is O=C(O)C(F)(F)F.O=C(c1ccccc1F)N1CC[C@H]2[C@H]1CCN2CC1CC1. The highest BCUT2D eigenvalue weighted by Gasteiger charge is 2.45. The van der Waals surface area contributed by atoms with Crippen LogP contribution in [0.2, 0.25) is 0 Å². The lowest BCUT2D eigenvalue weighted by Crippen LogP contribution is -2.40. The molecule has 2 aliphatic heterocycles. The molecule has 0 radical (unpaired) electrons. The van der Waals surface area contributed by atoms with Crippen LogP contribution in [0.1, 0.15) is 36.0 Å². The van der Waals surface area contributed by atoms with Crippen molar-refractivity contribution < 1.29 is 32.3 Å². The number of fused-ring (bicyclic) bond motifs is 1. The second kappa shape index (κ2) is 8.06. The highest BCUT2D eigenvalue weighted by Crippen LogP contribution is 2.37. The van der Waals surface area contributed by atoms with Gasteiger partial charge in [-0.3, -0.25) is 9.69 Å². The van der Waals surface area contributed by atoms with Crippen LogP contribution in [-0.2, 0) is 4.79 Å². The molecule has 3 fully saturated rings. The number of hydrogen-bond donors (Lipinski definition) is 1. The van der Waals surface area contributed by atoms with Crippen molar-refractivity contribution in [2.24, 2.45) is 5.92 Å². The number of amides is 1. The van der Waals surface area contributed by atoms with E-state index in [0.717, 1.165) is 31.8 Å². The van der Waals surface area contributed by atoms with Crippen molar-refractivity contribution in [3.63, 3.8) is 0 Å². The van der Waals surface area contributed by atoms with Gasteiger partial charge in [0.1, 0.15) is 5.82 Å². The summed E-state index contributed by atoms with van der Waals surface area (Å²) in [5, 5.41) is 7.12. The van der Waals surface area contributed by atoms with Crippen molar-refractivity contribution in [1.82, 2.24) is 9.80 Å². The summed E-state index contributed by atoms with van der Waals surface area (Å²) in [6.45, 7) is 3.06. The quantitative estimate of drug-likeness (QED) is 0.790. The summed E-state index contributed by atoms with van der Waals surface area (Å²) in [5.41, 5.74) is 0.221. The van der Waals surface area contributed by atoms with Gasteiger partial charge in [0, 0.05) is 31.7 Å². The minimum Gasteiger partial charge on any atom is -0.475 e. The fourth-order valence-corrected chi connectivity index (χ4v) is 3.98. The van der Waals surface area contributed by atoms with Gasteiger partial charge in [0.05, 0.1) is 5.56 Å². The molecule has 2 heterocycles. The first-order valence-corrected chi connectivity index (χ1v) is 9.28. The Hall–Kier alpha value is -2.16. The van der Waals surface area contributed by atoms with Crippen molar-refractivity contribution in [3.8, 4) is 0 Å². The van der Waals surface area contributed by atoms with Crippen LogP contribution in [0.25, 0.3) is 0 Å². The second-order valence-electron chi connectivity index (χ2n) is 7.43. The average molecular weight is 402 g/mol. The second-order valence-corrected chi connectivity index (χ2v) is 7.43. The number of nitrogens with zero attached hydrogens (tertiary/aromatic N) is 2. The Morgan fingerprint density at radius 3 is 2.21 bits per heavy atom. The number of halogens is 4. The number of carbonyl (C=O) groups is 2. The molecule has 4 rings (SSSR count). The van der Waals surface area contributed by atoms with Gasteiger partial charge in [0.15, 0.2) is 0 Å². The van der Waals surface area contributed by atoms with E-state index < -0.39 is 18.0 Å². The van der Waals surface area contributed by atoms with Crippen LogP contribution in [0, 0.1) is 11.7 Å². The highest BCUT2D eigenvalue weighted by molar-refractivity contribution is 5.95. The first-order valence-electron chi connectivity index (χ1n) is 9.28. The topological polar surface area (TPSA) is 60.9 Å². The van der Waals surface area contributed by atoms with E-state index in [-0.39, 0.29) is 17.5 Å². The van der Waals surface area contributed by atoms with Gasteiger partial charge in [0.2, 0.25) is 0 Å². The lowest BCUT2D eigenvalue weighted by Gasteiger charge is -2.25. The highest BCUT2D eigenvalue weighted by atomic mass is 19.4. The zero-order valence-electron chi connectivity index (χ0n) is 15.2. The first-order chi connectivity index (χ1) is 13.2. The zero-order valence-corrected chi connectivity index (χ0v) is 15.2. The Labute approximate surface area is 159 Å². The molecule has 0 bridgehead atoms. The van der Waals surface area contributed by atoms with E-state index in [9.17, 15) is 22.4 Å². The summed E-state index contributed by atoms with van der Waals surface area (Å²) >= 11 is 0. The van der Waals surface area contributed by atoms with E-state index in [1.165, 1.54) is 25.5 Å². The Kier molecular flexibility index (Phi) is 5.92. The van der Waals surface area contributed by atoms with Crippen LogP contribution in [0.5, 0.6) is 0 Å². The third-order valence-electron chi connectivity index (χ3n) is 5.49. The molecule has 5 nitrogen and oxygen atoms in total. The standard InChI is InChI=1S/C17H21FN2O.C2HF3O2/c18-14-4-2-1-3-13(14)17(21)20-10-8-15-16(20)7-9-19(15)11-12-5-6-12;3-2(4,5)1(6)7/h1-4,12,15-16H,5-11H2;(H,6,7)/t15-,16+;/m0./s1. The molecule has 1 aromatic carbocycles. The number of rotatable bonds is 3. The van der Waals surface area contributed by atoms with E-state index in [4.69, 9.17) is 9.90 Å². The molecule has 28 heavy (non-hydrogen) atoms. The third kappa shape index (κ3) is 4.63. The maximum atomic E-state index is 13.8. The molecule has 1 amide bonds. The maximum Gasteiger partial charge on any atom is 0.490 e. The van der Waals surface area contributed by atoms with E-state index >= 15 is 0 Å². The fraction of sp³-hybridized carbons (Fsp3) is 0.579. The minimum atomic E-state index is -5.08. The third-order valence-corrected chi connectivity index (χ3v) is 5.49. The lowest BCUT2D eigenvalue weighted by molar-refractivity contribution is -0.192. The summed E-state index contributed by atoms with van der Waals surface area (Å²) in [6.07, 6.45) is -0.271. The van der Waals surface area contributed by atoms with Crippen LogP contribution >= 0.6 is 0 Å². The van der Waals surface area contributed by atoms with E-state index in [2.05, 4.69) is 4.90 Å². The molecule has 1 aliphatic carbocycles. The number of benzene rings is 1. The molecule has 1 aromatic rings. The molecule has 0 unspecified atom stereocenters. The summed E-state index contributed by atoms with van der Waals surface area (Å²) in [4.78, 5) is 26.0. The van der Waals surface area contributed by atoms with Gasteiger partial charge < -0.3 is 10.0 Å². The van der Waals surface area contributed by atoms with Gasteiger partial charge >= 0.3 is 12.1 Å². The van der Waals surface area contributed by atoms with Crippen LogP contribution < -0.4 is 0 Å². The van der Waals surface area contributed by atoms with Crippen LogP contribution in [0.15, 0.2) is 24.3 Å². The number of aliphatic carboxylic acids is 1. The molecular weight excluding hydrogens is 380 g/mol. The Bertz CT molecular complexity index is 736. The van der Waals surface area contributed by atoms with Gasteiger partial charge in [0.25, 0.3) is 5.91 Å². The average Bonchev–Trinajstić information content (AvgIpc) is 3.21. The number of hydrogen-bond acceptors (Lipinski definition) is 3. The number of carboxylic acid groups (broad SMARTS) is 1. The fourth-order valence-electron chi connectivity index (χ4n) is 3.98. The molecular formula is C19H22F4N2O3. The van der Waals surface area contributed by atoms with Crippen molar-refractivity contribution in [2.75, 3.05) is 19.6 Å². The zero-order chi connectivity index (χ0) is 20.5. The van der Waals surface area contributed by atoms with Crippen LogP contribution in [-0.4, -0.2) is 64.7 Å². The van der Waals surface area contributed by atoms with Crippen molar-refractivity contribution in [1.29, 1.82) is 0 Å². The smallest absolute Gasteiger partial charge is 0.475 e. The maximum absolute atomic E-state index is 13.8. The molecule has 3 aliphatic rings. The van der Waals surface area contributed by atoms with E-state index in [1.54, 1.807) is 18.2 Å². The van der Waals surface area contributed by atoms with Crippen LogP contribution in [0.4, 0.5) is 17.6 Å². The van der Waals surface area contributed by atoms with Gasteiger partial charge in [-0.1, -0.05) is 12.1 Å². The van der Waals surface area contributed by atoms with Gasteiger partial charge in [-0.2, -0.15) is 13.2 Å². The molecule has 0 aromatic heterocycles. The van der Waals surface area contributed by atoms with E-state index in [0.29, 0.717) is 6.04 Å². The number of alkyl halides is 3. The first kappa shape index (κ1) is 20.6. The van der Waals surface area contributed by atoms with Gasteiger partial charge in [-0.05, 0) is 43.7 Å². The Balaban J connectivity index is 0.000000279. The summed E-state index contributed by atoms with van der Waals surface area (Å²) in [5.74, 6) is -2.40. The summed E-state index contributed by atoms with van der Waals surface area (Å²) < 4.78 is 45.6. The van der Waals surface area contributed by atoms with Gasteiger partial charge in [-0.25, -0.2) is 9.18 Å². The normalized spacial score (nSPS) is 24.5. The van der Waals surface area contributed by atoms with Gasteiger partial charge in [-0.15, -0.1) is 0 Å². The summed E-state index contributed by atoms with van der Waals surface area (Å²) in [7, 11) is 0. The van der Waals surface area contributed by atoms with Crippen molar-refractivity contribution in [3.05, 3.63) is 35.6 Å². The predicted octanol–water partition coefficient (Wildman–Crippen LogP) is 3.16. The van der Waals surface area contributed by atoms with Crippen LogP contribution in [0.3, 0.4) is 0 Å². The summed E-state index contributed by atoms with van der Waals surface area (Å²) in [6, 6.07) is 7.12. The Morgan fingerprint density at radius 1 is 1.04 bits per heavy atom. The molecule has 2 saturated heterocycles. The number of carbonyl (C=O) groups excluding carboxylic acids is 1. The Morgan fingerprint density at radius 2 is 1.64 bits per heavy atom. The molecule has 154 valence electrons. The van der Waals surface area contributed by atoms with E-state index in [1.807, 2.05) is 4.90 Å². The lowest BCUT2D eigenvalue weighted by atomic mass is 10.1. The largest absolute Gasteiger partial charge is 0.490 e. The molecule has 0 spiro atoms.